The van der Waals surface area contributed by atoms with Gasteiger partial charge in [-0.05, 0) is 13.3 Å². The van der Waals surface area contributed by atoms with Gasteiger partial charge in [-0.1, -0.05) is 29.8 Å². The molecule has 2 N–H and O–H groups in total. The maximum atomic E-state index is 11.9. The zero-order valence-corrected chi connectivity index (χ0v) is 13.3. The van der Waals surface area contributed by atoms with Gasteiger partial charge < -0.3 is 10.6 Å². The molecule has 1 aliphatic heterocycles. The van der Waals surface area contributed by atoms with Gasteiger partial charge in [-0.15, -0.1) is 0 Å². The van der Waals surface area contributed by atoms with E-state index in [4.69, 9.17) is 0 Å². The number of amides is 2. The number of urea groups is 1. The van der Waals surface area contributed by atoms with E-state index < -0.39 is 15.9 Å². The Bertz CT molecular complexity index is 653. The fraction of sp³-hybridized carbons (Fsp3) is 0.467. The van der Waals surface area contributed by atoms with E-state index in [9.17, 15) is 18.0 Å². The highest BCUT2D eigenvalue weighted by Crippen LogP contribution is 2.11. The number of hydrogen-bond acceptors (Lipinski definition) is 4. The summed E-state index contributed by atoms with van der Waals surface area (Å²) in [5.41, 5.74) is 1.70. The Morgan fingerprint density at radius 1 is 1.23 bits per heavy atom. The molecule has 22 heavy (non-hydrogen) atoms. The number of rotatable bonds is 5. The van der Waals surface area contributed by atoms with Crippen LogP contribution in [-0.4, -0.2) is 44.3 Å². The summed E-state index contributed by atoms with van der Waals surface area (Å²) >= 11 is 0. The first-order valence-electron chi connectivity index (χ1n) is 7.20. The predicted molar refractivity (Wildman–Crippen MR) is 83.7 cm³/mol. The van der Waals surface area contributed by atoms with Crippen LogP contribution < -0.4 is 10.6 Å². The van der Waals surface area contributed by atoms with Crippen molar-refractivity contribution in [1.29, 1.82) is 0 Å². The Morgan fingerprint density at radius 3 is 2.50 bits per heavy atom. The Morgan fingerprint density at radius 2 is 1.91 bits per heavy atom. The highest BCUT2D eigenvalue weighted by atomic mass is 32.2. The monoisotopic (exact) mass is 324 g/mol. The summed E-state index contributed by atoms with van der Waals surface area (Å²) in [6.07, 6.45) is 0.650. The van der Waals surface area contributed by atoms with Crippen LogP contribution in [0.15, 0.2) is 24.3 Å². The largest absolute Gasteiger partial charge is 0.338 e. The molecule has 1 aromatic rings. The molecule has 7 heteroatoms. The van der Waals surface area contributed by atoms with Crippen molar-refractivity contribution in [1.82, 2.24) is 10.6 Å². The van der Waals surface area contributed by atoms with Crippen LogP contribution in [0.1, 0.15) is 28.8 Å². The summed E-state index contributed by atoms with van der Waals surface area (Å²) in [5.74, 6) is 0.0655. The second-order valence-corrected chi connectivity index (χ2v) is 7.77. The number of hydrogen-bond donors (Lipinski definition) is 2. The van der Waals surface area contributed by atoms with E-state index in [1.54, 1.807) is 12.1 Å². The van der Waals surface area contributed by atoms with Gasteiger partial charge in [0.05, 0.1) is 11.5 Å². The molecule has 1 aliphatic rings. The van der Waals surface area contributed by atoms with Crippen LogP contribution in [0.5, 0.6) is 0 Å². The van der Waals surface area contributed by atoms with Crippen molar-refractivity contribution in [3.05, 3.63) is 35.4 Å². The summed E-state index contributed by atoms with van der Waals surface area (Å²) in [6.45, 7) is 2.17. The molecular weight excluding hydrogens is 304 g/mol. The van der Waals surface area contributed by atoms with Crippen LogP contribution in [0.4, 0.5) is 4.79 Å². The zero-order chi connectivity index (χ0) is 16.2. The number of benzene rings is 1. The first-order valence-corrected chi connectivity index (χ1v) is 9.02. The molecule has 6 nitrogen and oxygen atoms in total. The number of sulfone groups is 1. The summed E-state index contributed by atoms with van der Waals surface area (Å²) in [5, 5.41) is 5.20. The molecule has 1 fully saturated rings. The highest BCUT2D eigenvalue weighted by Gasteiger charge is 2.28. The molecule has 1 saturated heterocycles. The normalized spacial score (nSPS) is 19.6. The second kappa shape index (κ2) is 6.91. The van der Waals surface area contributed by atoms with Gasteiger partial charge in [0, 0.05) is 24.6 Å². The quantitative estimate of drug-likeness (QED) is 0.792. The minimum atomic E-state index is -3.01. The fourth-order valence-corrected chi connectivity index (χ4v) is 3.99. The van der Waals surface area contributed by atoms with Crippen molar-refractivity contribution < 1.29 is 18.0 Å². The molecule has 0 aromatic heterocycles. The molecule has 1 atom stereocenters. The average Bonchev–Trinajstić information content (AvgIpc) is 2.78. The zero-order valence-electron chi connectivity index (χ0n) is 12.5. The first-order chi connectivity index (χ1) is 10.4. The topological polar surface area (TPSA) is 92.3 Å². The van der Waals surface area contributed by atoms with E-state index in [0.717, 1.165) is 5.56 Å². The van der Waals surface area contributed by atoms with Gasteiger partial charge in [0.1, 0.15) is 0 Å². The van der Waals surface area contributed by atoms with E-state index in [2.05, 4.69) is 10.6 Å². The standard InChI is InChI=1S/C15H20N2O4S/c1-11-2-4-12(5-3-11)14(18)6-8-16-15(19)17-13-7-9-22(20,21)10-13/h2-5,13H,6-10H2,1H3,(H2,16,17,19). The number of carbonyl (C=O) groups is 2. The Labute approximate surface area is 130 Å². The van der Waals surface area contributed by atoms with Gasteiger partial charge >= 0.3 is 6.03 Å². The van der Waals surface area contributed by atoms with Crippen molar-refractivity contribution in [2.75, 3.05) is 18.1 Å². The molecule has 1 unspecified atom stereocenters. The third-order valence-electron chi connectivity index (χ3n) is 3.58. The molecule has 1 aromatic carbocycles. The number of nitrogens with one attached hydrogen (secondary N) is 2. The minimum Gasteiger partial charge on any atom is -0.338 e. The van der Waals surface area contributed by atoms with Crippen LogP contribution in [0, 0.1) is 6.92 Å². The molecule has 2 rings (SSSR count). The lowest BCUT2D eigenvalue weighted by molar-refractivity contribution is 0.0983. The van der Waals surface area contributed by atoms with Crippen LogP contribution in [0.3, 0.4) is 0 Å². The van der Waals surface area contributed by atoms with Gasteiger partial charge in [0.2, 0.25) is 0 Å². The third-order valence-corrected chi connectivity index (χ3v) is 5.35. The Hall–Kier alpha value is -1.89. The van der Waals surface area contributed by atoms with Crippen molar-refractivity contribution in [2.45, 2.75) is 25.8 Å². The number of ketones is 1. The second-order valence-electron chi connectivity index (χ2n) is 5.54. The maximum Gasteiger partial charge on any atom is 0.315 e. The molecule has 0 radical (unpaired) electrons. The molecule has 2 amide bonds. The fourth-order valence-electron chi connectivity index (χ4n) is 2.32. The van der Waals surface area contributed by atoms with E-state index >= 15 is 0 Å². The molecule has 0 bridgehead atoms. The molecule has 0 aliphatic carbocycles. The highest BCUT2D eigenvalue weighted by molar-refractivity contribution is 7.91. The van der Waals surface area contributed by atoms with Crippen molar-refractivity contribution in [2.24, 2.45) is 0 Å². The maximum absolute atomic E-state index is 11.9. The van der Waals surface area contributed by atoms with Gasteiger partial charge in [-0.3, -0.25) is 4.79 Å². The summed E-state index contributed by atoms with van der Waals surface area (Å²) in [6, 6.07) is 6.50. The predicted octanol–water partition coefficient (Wildman–Crippen LogP) is 1.05. The first kappa shape index (κ1) is 16.5. The van der Waals surface area contributed by atoms with E-state index in [1.165, 1.54) is 0 Å². The van der Waals surface area contributed by atoms with Gasteiger partial charge in [0.25, 0.3) is 0 Å². The lowest BCUT2D eigenvalue weighted by Gasteiger charge is -2.11. The smallest absolute Gasteiger partial charge is 0.315 e. The summed E-state index contributed by atoms with van der Waals surface area (Å²) in [4.78, 5) is 23.6. The van der Waals surface area contributed by atoms with Crippen LogP contribution in [0.25, 0.3) is 0 Å². The third kappa shape index (κ3) is 4.84. The Balaban J connectivity index is 1.71. The number of aryl methyl sites for hydroxylation is 1. The number of Topliss-reactive ketones (excluding diaryl/α,β-unsaturated/α-hetero) is 1. The average molecular weight is 324 g/mol. The van der Waals surface area contributed by atoms with E-state index in [-0.39, 0.29) is 36.3 Å². The molecule has 1 heterocycles. The van der Waals surface area contributed by atoms with Crippen LogP contribution in [-0.2, 0) is 9.84 Å². The van der Waals surface area contributed by atoms with Gasteiger partial charge in [-0.25, -0.2) is 13.2 Å². The SMILES string of the molecule is Cc1ccc(C(=O)CCNC(=O)NC2CCS(=O)(=O)C2)cc1. The van der Waals surface area contributed by atoms with Crippen molar-refractivity contribution in [3.63, 3.8) is 0 Å². The molecular formula is C15H20N2O4S. The van der Waals surface area contributed by atoms with Crippen LogP contribution in [0.2, 0.25) is 0 Å². The summed E-state index contributed by atoms with van der Waals surface area (Å²) < 4.78 is 22.6. The van der Waals surface area contributed by atoms with E-state index in [0.29, 0.717) is 12.0 Å². The Kier molecular flexibility index (Phi) is 5.18. The molecule has 0 spiro atoms. The van der Waals surface area contributed by atoms with Gasteiger partial charge in [-0.2, -0.15) is 0 Å². The lowest BCUT2D eigenvalue weighted by Crippen LogP contribution is -2.43. The molecule has 0 saturated carbocycles. The van der Waals surface area contributed by atoms with Crippen LogP contribution >= 0.6 is 0 Å². The van der Waals surface area contributed by atoms with Crippen molar-refractivity contribution in [3.8, 4) is 0 Å². The minimum absolute atomic E-state index is 0.0112. The van der Waals surface area contributed by atoms with Gasteiger partial charge in [0.15, 0.2) is 15.6 Å². The molecule has 120 valence electrons. The summed E-state index contributed by atoms with van der Waals surface area (Å²) in [7, 11) is -3.01. The number of carbonyl (C=O) groups excluding carboxylic acids is 2. The lowest BCUT2D eigenvalue weighted by atomic mass is 10.1. The van der Waals surface area contributed by atoms with E-state index in [1.807, 2.05) is 19.1 Å². The van der Waals surface area contributed by atoms with Crippen molar-refractivity contribution >= 4 is 21.7 Å².